The monoisotopic (exact) mass is 237 g/mol. The molecule has 6 nitrogen and oxygen atoms in total. The lowest BCUT2D eigenvalue weighted by Crippen LogP contribution is -2.48. The lowest BCUT2D eigenvalue weighted by Gasteiger charge is -2.32. The molecule has 2 heterocycles. The molecule has 1 aromatic rings. The number of hydrogen-bond acceptors (Lipinski definition) is 4. The fourth-order valence-corrected chi connectivity index (χ4v) is 1.84. The minimum atomic E-state index is 0.0313. The topological polar surface area (TPSA) is 66.7 Å². The molecular formula is C11H15N3O3. The van der Waals surface area contributed by atoms with E-state index in [2.05, 4.69) is 5.16 Å². The summed E-state index contributed by atoms with van der Waals surface area (Å²) in [7, 11) is 0. The number of aromatic nitrogens is 1. The summed E-state index contributed by atoms with van der Waals surface area (Å²) in [6.45, 7) is 4.19. The predicted octanol–water partition coefficient (Wildman–Crippen LogP) is -0.174. The molecule has 1 aliphatic rings. The minimum Gasteiger partial charge on any atom is -0.361 e. The Hall–Kier alpha value is -1.85. The number of carbonyl (C=O) groups excluding carboxylic acids is 2. The molecule has 0 spiro atoms. The molecule has 0 bridgehead atoms. The Morgan fingerprint density at radius 2 is 2.18 bits per heavy atom. The van der Waals surface area contributed by atoms with Gasteiger partial charge >= 0.3 is 0 Å². The van der Waals surface area contributed by atoms with Gasteiger partial charge in [0.2, 0.25) is 12.3 Å². The second-order valence-electron chi connectivity index (χ2n) is 4.13. The quantitative estimate of drug-likeness (QED) is 0.684. The molecule has 17 heavy (non-hydrogen) atoms. The Bertz CT molecular complexity index is 408. The van der Waals surface area contributed by atoms with Crippen LogP contribution in [0.2, 0.25) is 0 Å². The number of piperazine rings is 1. The molecule has 1 aromatic heterocycles. The van der Waals surface area contributed by atoms with E-state index >= 15 is 0 Å². The van der Waals surface area contributed by atoms with Crippen LogP contribution in [0, 0.1) is 6.92 Å². The molecule has 0 radical (unpaired) electrons. The molecular weight excluding hydrogens is 222 g/mol. The fraction of sp³-hybridized carbons (Fsp3) is 0.545. The standard InChI is InChI=1S/C11H15N3O3/c1-9-6-10(12-17-9)7-11(16)14-4-2-13(8-15)3-5-14/h6,8H,2-5,7H2,1H3. The van der Waals surface area contributed by atoms with Crippen molar-refractivity contribution in [1.29, 1.82) is 0 Å². The van der Waals surface area contributed by atoms with Gasteiger partial charge in [0.25, 0.3) is 0 Å². The van der Waals surface area contributed by atoms with Crippen molar-refractivity contribution in [3.8, 4) is 0 Å². The van der Waals surface area contributed by atoms with Crippen molar-refractivity contribution in [2.24, 2.45) is 0 Å². The van der Waals surface area contributed by atoms with Gasteiger partial charge in [0.05, 0.1) is 12.1 Å². The van der Waals surface area contributed by atoms with Crippen LogP contribution in [0.3, 0.4) is 0 Å². The molecule has 1 aliphatic heterocycles. The molecule has 0 N–H and O–H groups in total. The van der Waals surface area contributed by atoms with Gasteiger partial charge < -0.3 is 14.3 Å². The van der Waals surface area contributed by atoms with Crippen LogP contribution in [-0.2, 0) is 16.0 Å². The van der Waals surface area contributed by atoms with Crippen molar-refractivity contribution in [2.45, 2.75) is 13.3 Å². The first-order valence-corrected chi connectivity index (χ1v) is 5.58. The number of rotatable bonds is 3. The molecule has 0 unspecified atom stereocenters. The van der Waals surface area contributed by atoms with Crippen molar-refractivity contribution >= 4 is 12.3 Å². The molecule has 1 saturated heterocycles. The normalized spacial score (nSPS) is 16.1. The Kier molecular flexibility index (Phi) is 3.41. The zero-order valence-electron chi connectivity index (χ0n) is 9.76. The average molecular weight is 237 g/mol. The first kappa shape index (κ1) is 11.6. The van der Waals surface area contributed by atoms with Crippen LogP contribution in [0.25, 0.3) is 0 Å². The Morgan fingerprint density at radius 3 is 2.71 bits per heavy atom. The summed E-state index contributed by atoms with van der Waals surface area (Å²) in [5.41, 5.74) is 0.658. The van der Waals surface area contributed by atoms with E-state index in [1.807, 2.05) is 0 Å². The van der Waals surface area contributed by atoms with Crippen molar-refractivity contribution in [3.63, 3.8) is 0 Å². The predicted molar refractivity (Wildman–Crippen MR) is 59.2 cm³/mol. The maximum Gasteiger partial charge on any atom is 0.228 e. The lowest BCUT2D eigenvalue weighted by molar-refractivity contribution is -0.134. The number of nitrogens with zero attached hydrogens (tertiary/aromatic N) is 3. The molecule has 2 rings (SSSR count). The van der Waals surface area contributed by atoms with Crippen molar-refractivity contribution in [3.05, 3.63) is 17.5 Å². The van der Waals surface area contributed by atoms with Gasteiger partial charge in [-0.05, 0) is 6.92 Å². The molecule has 6 heteroatoms. The van der Waals surface area contributed by atoms with E-state index < -0.39 is 0 Å². The lowest BCUT2D eigenvalue weighted by atomic mass is 10.2. The van der Waals surface area contributed by atoms with E-state index in [0.717, 1.165) is 6.41 Å². The minimum absolute atomic E-state index is 0.0313. The summed E-state index contributed by atoms with van der Waals surface area (Å²) in [4.78, 5) is 25.9. The zero-order valence-corrected chi connectivity index (χ0v) is 9.76. The van der Waals surface area contributed by atoms with Crippen LogP contribution in [0.5, 0.6) is 0 Å². The van der Waals surface area contributed by atoms with Crippen molar-refractivity contribution in [2.75, 3.05) is 26.2 Å². The van der Waals surface area contributed by atoms with Gasteiger partial charge in [0.1, 0.15) is 5.76 Å². The smallest absolute Gasteiger partial charge is 0.228 e. The van der Waals surface area contributed by atoms with E-state index in [9.17, 15) is 9.59 Å². The number of hydrogen-bond donors (Lipinski definition) is 0. The van der Waals surface area contributed by atoms with Gasteiger partial charge in [-0.1, -0.05) is 5.16 Å². The first-order valence-electron chi connectivity index (χ1n) is 5.58. The zero-order chi connectivity index (χ0) is 12.3. The fourth-order valence-electron chi connectivity index (χ4n) is 1.84. The molecule has 0 atom stereocenters. The van der Waals surface area contributed by atoms with Crippen molar-refractivity contribution in [1.82, 2.24) is 15.0 Å². The summed E-state index contributed by atoms with van der Waals surface area (Å²) >= 11 is 0. The third-order valence-corrected chi connectivity index (χ3v) is 2.83. The van der Waals surface area contributed by atoms with Crippen molar-refractivity contribution < 1.29 is 14.1 Å². The van der Waals surface area contributed by atoms with E-state index in [0.29, 0.717) is 37.6 Å². The Labute approximate surface area is 99.2 Å². The highest BCUT2D eigenvalue weighted by molar-refractivity contribution is 5.78. The number of carbonyl (C=O) groups is 2. The van der Waals surface area contributed by atoms with Crippen LogP contribution >= 0.6 is 0 Å². The highest BCUT2D eigenvalue weighted by Gasteiger charge is 2.20. The Balaban J connectivity index is 1.87. The molecule has 1 fully saturated rings. The average Bonchev–Trinajstić information content (AvgIpc) is 2.75. The molecule has 92 valence electrons. The summed E-state index contributed by atoms with van der Waals surface area (Å²) in [6, 6.07) is 1.76. The second kappa shape index (κ2) is 4.99. The van der Waals surface area contributed by atoms with Gasteiger partial charge in [0.15, 0.2) is 0 Å². The molecule has 2 amide bonds. The van der Waals surface area contributed by atoms with Crippen LogP contribution in [0.15, 0.2) is 10.6 Å². The summed E-state index contributed by atoms with van der Waals surface area (Å²) < 4.78 is 4.91. The number of amides is 2. The maximum atomic E-state index is 11.9. The molecule has 0 saturated carbocycles. The van der Waals surface area contributed by atoms with Gasteiger partial charge in [-0.25, -0.2) is 0 Å². The second-order valence-corrected chi connectivity index (χ2v) is 4.13. The van der Waals surface area contributed by atoms with Gasteiger partial charge in [-0.2, -0.15) is 0 Å². The largest absolute Gasteiger partial charge is 0.361 e. The summed E-state index contributed by atoms with van der Waals surface area (Å²) in [5, 5.41) is 3.79. The van der Waals surface area contributed by atoms with Crippen LogP contribution in [0.4, 0.5) is 0 Å². The van der Waals surface area contributed by atoms with Crippen LogP contribution < -0.4 is 0 Å². The third-order valence-electron chi connectivity index (χ3n) is 2.83. The van der Waals surface area contributed by atoms with Crippen LogP contribution in [-0.4, -0.2) is 53.5 Å². The number of aryl methyl sites for hydroxylation is 1. The van der Waals surface area contributed by atoms with Gasteiger partial charge in [-0.15, -0.1) is 0 Å². The summed E-state index contributed by atoms with van der Waals surface area (Å²) in [5.74, 6) is 0.738. The highest BCUT2D eigenvalue weighted by atomic mass is 16.5. The van der Waals surface area contributed by atoms with E-state index in [-0.39, 0.29) is 12.3 Å². The Morgan fingerprint density at radius 1 is 1.47 bits per heavy atom. The maximum absolute atomic E-state index is 11.9. The summed E-state index contributed by atoms with van der Waals surface area (Å²) in [6.07, 6.45) is 1.08. The third kappa shape index (κ3) is 2.83. The molecule has 0 aliphatic carbocycles. The molecule has 0 aromatic carbocycles. The van der Waals surface area contributed by atoms with Gasteiger partial charge in [0, 0.05) is 32.2 Å². The van der Waals surface area contributed by atoms with E-state index in [1.165, 1.54) is 0 Å². The highest BCUT2D eigenvalue weighted by Crippen LogP contribution is 2.06. The SMILES string of the molecule is Cc1cc(CC(=O)N2CCN(C=O)CC2)no1. The van der Waals surface area contributed by atoms with E-state index in [4.69, 9.17) is 4.52 Å². The van der Waals surface area contributed by atoms with Crippen LogP contribution in [0.1, 0.15) is 11.5 Å². The van der Waals surface area contributed by atoms with E-state index in [1.54, 1.807) is 22.8 Å². The van der Waals surface area contributed by atoms with Gasteiger partial charge in [-0.3, -0.25) is 9.59 Å². The first-order chi connectivity index (χ1) is 8.19.